The predicted octanol–water partition coefficient (Wildman–Crippen LogP) is 2.56. The van der Waals surface area contributed by atoms with Crippen LogP contribution in [0.5, 0.6) is 5.75 Å². The van der Waals surface area contributed by atoms with E-state index in [1.54, 1.807) is 12.1 Å². The number of benzene rings is 1. The lowest BCUT2D eigenvalue weighted by molar-refractivity contribution is -0.274. The molecule has 0 N–H and O–H groups in total. The van der Waals surface area contributed by atoms with Gasteiger partial charge in [-0.2, -0.15) is 0 Å². The Hall–Kier alpha value is -1.35. The smallest absolute Gasteiger partial charge is 0.406 e. The molecule has 1 aromatic rings. The second-order valence-corrected chi connectivity index (χ2v) is 8.51. The molecule has 0 amide bonds. The Morgan fingerprint density at radius 3 is 2.54 bits per heavy atom. The molecule has 3 saturated heterocycles. The summed E-state index contributed by atoms with van der Waals surface area (Å²) in [5.41, 5.74) is 1.16. The monoisotopic (exact) mass is 399 g/mol. The van der Waals surface area contributed by atoms with Crippen LogP contribution in [0.15, 0.2) is 24.3 Å². The third-order valence-corrected chi connectivity index (χ3v) is 6.11. The molecule has 0 aliphatic carbocycles. The Kier molecular flexibility index (Phi) is 5.33. The number of fused-ring (bicyclic) bond motifs is 2. The van der Waals surface area contributed by atoms with Crippen LogP contribution in [-0.4, -0.2) is 84.6 Å². The van der Waals surface area contributed by atoms with Crippen molar-refractivity contribution < 1.29 is 22.6 Å². The summed E-state index contributed by atoms with van der Waals surface area (Å²) in [6, 6.07) is 7.16. The van der Waals surface area contributed by atoms with Crippen molar-refractivity contribution in [2.75, 3.05) is 45.9 Å². The molecule has 3 fully saturated rings. The van der Waals surface area contributed by atoms with Crippen molar-refractivity contribution in [3.05, 3.63) is 29.8 Å². The maximum atomic E-state index is 12.3. The lowest BCUT2D eigenvalue weighted by atomic mass is 9.82. The van der Waals surface area contributed by atoms with Crippen LogP contribution in [0.1, 0.15) is 19.4 Å². The van der Waals surface area contributed by atoms with E-state index in [0.717, 1.165) is 58.0 Å². The minimum Gasteiger partial charge on any atom is -0.406 e. The number of alkyl halides is 3. The zero-order chi connectivity index (χ0) is 19.9. The highest BCUT2D eigenvalue weighted by atomic mass is 19.4. The number of piperazine rings is 1. The molecule has 1 aromatic carbocycles. The van der Waals surface area contributed by atoms with Gasteiger partial charge in [0, 0.05) is 51.4 Å². The van der Waals surface area contributed by atoms with Crippen LogP contribution in [0, 0.1) is 0 Å². The summed E-state index contributed by atoms with van der Waals surface area (Å²) >= 11 is 0. The number of likely N-dealkylation sites (tertiary alicyclic amines) is 1. The van der Waals surface area contributed by atoms with Crippen molar-refractivity contribution in [2.24, 2.45) is 0 Å². The highest BCUT2D eigenvalue weighted by molar-refractivity contribution is 5.28. The molecular weight excluding hydrogens is 371 g/mol. The standard InChI is InChI=1S/C20H28F3N3O2/c1-15(2)25-10-17-11-27-8-7-26(17)19(14-25)12-24(13-19)9-16-3-5-18(6-4-16)28-20(21,22)23/h3-6,15,17H,7-14H2,1-2H3/t17-/m1/s1. The SMILES string of the molecule is CC(C)N1C[C@@H]2COCCN2C2(CN(Cc3ccc(OC(F)(F)F)cc3)C2)C1. The van der Waals surface area contributed by atoms with E-state index in [2.05, 4.69) is 33.3 Å². The van der Waals surface area contributed by atoms with Crippen molar-refractivity contribution in [1.82, 2.24) is 14.7 Å². The number of nitrogens with zero attached hydrogens (tertiary/aromatic N) is 3. The van der Waals surface area contributed by atoms with Crippen LogP contribution in [0.2, 0.25) is 0 Å². The fraction of sp³-hybridized carbons (Fsp3) is 0.700. The van der Waals surface area contributed by atoms with Gasteiger partial charge in [-0.05, 0) is 31.5 Å². The van der Waals surface area contributed by atoms with E-state index in [1.807, 2.05) is 0 Å². The van der Waals surface area contributed by atoms with Gasteiger partial charge in [0.25, 0.3) is 0 Å². The first-order chi connectivity index (χ1) is 13.2. The van der Waals surface area contributed by atoms with Crippen LogP contribution in [0.3, 0.4) is 0 Å². The van der Waals surface area contributed by atoms with E-state index in [1.165, 1.54) is 12.1 Å². The van der Waals surface area contributed by atoms with Gasteiger partial charge in [0.1, 0.15) is 5.75 Å². The summed E-state index contributed by atoms with van der Waals surface area (Å²) in [7, 11) is 0. The largest absolute Gasteiger partial charge is 0.573 e. The van der Waals surface area contributed by atoms with Gasteiger partial charge in [0.05, 0.1) is 18.8 Å². The topological polar surface area (TPSA) is 28.2 Å². The lowest BCUT2D eigenvalue weighted by Crippen LogP contribution is -2.80. The van der Waals surface area contributed by atoms with Gasteiger partial charge in [0.2, 0.25) is 0 Å². The summed E-state index contributed by atoms with van der Waals surface area (Å²) in [6.45, 7) is 11.9. The zero-order valence-corrected chi connectivity index (χ0v) is 16.4. The van der Waals surface area contributed by atoms with E-state index in [4.69, 9.17) is 4.74 Å². The average molecular weight is 399 g/mol. The maximum absolute atomic E-state index is 12.3. The van der Waals surface area contributed by atoms with Crippen molar-refractivity contribution in [3.63, 3.8) is 0 Å². The van der Waals surface area contributed by atoms with Gasteiger partial charge in [-0.25, -0.2) is 0 Å². The Morgan fingerprint density at radius 2 is 1.89 bits per heavy atom. The molecule has 3 aliphatic heterocycles. The molecule has 0 aromatic heterocycles. The van der Waals surface area contributed by atoms with E-state index in [-0.39, 0.29) is 11.3 Å². The first-order valence-corrected chi connectivity index (χ1v) is 9.90. The van der Waals surface area contributed by atoms with Crippen molar-refractivity contribution >= 4 is 0 Å². The molecule has 1 spiro atoms. The maximum Gasteiger partial charge on any atom is 0.573 e. The van der Waals surface area contributed by atoms with Crippen molar-refractivity contribution in [1.29, 1.82) is 0 Å². The quantitative estimate of drug-likeness (QED) is 0.776. The molecule has 8 heteroatoms. The number of morpholine rings is 1. The molecule has 28 heavy (non-hydrogen) atoms. The molecule has 4 rings (SSSR count). The summed E-state index contributed by atoms with van der Waals surface area (Å²) in [5, 5.41) is 0. The number of hydrogen-bond donors (Lipinski definition) is 0. The van der Waals surface area contributed by atoms with Crippen molar-refractivity contribution in [2.45, 2.75) is 44.4 Å². The molecule has 1 atom stereocenters. The van der Waals surface area contributed by atoms with E-state index >= 15 is 0 Å². The molecule has 3 aliphatic rings. The zero-order valence-electron chi connectivity index (χ0n) is 16.4. The third kappa shape index (κ3) is 4.15. The van der Waals surface area contributed by atoms with Gasteiger partial charge in [-0.1, -0.05) is 12.1 Å². The molecule has 0 unspecified atom stereocenters. The number of hydrogen-bond acceptors (Lipinski definition) is 5. The normalized spacial score (nSPS) is 26.3. The Bertz CT molecular complexity index is 674. The third-order valence-electron chi connectivity index (χ3n) is 6.11. The lowest BCUT2D eigenvalue weighted by Gasteiger charge is -2.64. The van der Waals surface area contributed by atoms with E-state index < -0.39 is 6.36 Å². The summed E-state index contributed by atoms with van der Waals surface area (Å²) in [5.74, 6) is -0.174. The van der Waals surface area contributed by atoms with Crippen LogP contribution >= 0.6 is 0 Å². The molecule has 3 heterocycles. The molecular formula is C20H28F3N3O2. The summed E-state index contributed by atoms with van der Waals surface area (Å²) in [6.07, 6.45) is -4.65. The minimum atomic E-state index is -4.65. The van der Waals surface area contributed by atoms with Crippen LogP contribution < -0.4 is 4.74 Å². The summed E-state index contributed by atoms with van der Waals surface area (Å²) < 4.78 is 46.6. The molecule has 5 nitrogen and oxygen atoms in total. The van der Waals surface area contributed by atoms with Gasteiger partial charge in [-0.3, -0.25) is 14.7 Å². The first-order valence-electron chi connectivity index (χ1n) is 9.90. The minimum absolute atomic E-state index is 0.163. The number of ether oxygens (including phenoxy) is 2. The average Bonchev–Trinajstić information content (AvgIpc) is 2.60. The van der Waals surface area contributed by atoms with E-state index in [9.17, 15) is 13.2 Å². The van der Waals surface area contributed by atoms with Crippen molar-refractivity contribution in [3.8, 4) is 5.75 Å². The first kappa shape index (κ1) is 19.9. The molecule has 0 bridgehead atoms. The number of halogens is 3. The molecule has 0 saturated carbocycles. The van der Waals surface area contributed by atoms with Gasteiger partial charge in [-0.15, -0.1) is 13.2 Å². The Balaban J connectivity index is 1.38. The van der Waals surface area contributed by atoms with Crippen LogP contribution in [0.4, 0.5) is 13.2 Å². The highest BCUT2D eigenvalue weighted by Crippen LogP contribution is 2.37. The second kappa shape index (κ2) is 7.48. The Morgan fingerprint density at radius 1 is 1.18 bits per heavy atom. The molecule has 0 radical (unpaired) electrons. The van der Waals surface area contributed by atoms with Crippen LogP contribution in [0.25, 0.3) is 0 Å². The van der Waals surface area contributed by atoms with Gasteiger partial charge >= 0.3 is 6.36 Å². The Labute approximate surface area is 164 Å². The predicted molar refractivity (Wildman–Crippen MR) is 99.2 cm³/mol. The fourth-order valence-corrected chi connectivity index (χ4v) is 4.86. The highest BCUT2D eigenvalue weighted by Gasteiger charge is 2.54. The number of rotatable bonds is 4. The van der Waals surface area contributed by atoms with Gasteiger partial charge < -0.3 is 9.47 Å². The molecule has 156 valence electrons. The van der Waals surface area contributed by atoms with Gasteiger partial charge in [0.15, 0.2) is 0 Å². The van der Waals surface area contributed by atoms with E-state index in [0.29, 0.717) is 12.1 Å². The fourth-order valence-electron chi connectivity index (χ4n) is 4.86. The second-order valence-electron chi connectivity index (χ2n) is 8.51. The van der Waals surface area contributed by atoms with Crippen LogP contribution in [-0.2, 0) is 11.3 Å². The summed E-state index contributed by atoms with van der Waals surface area (Å²) in [4.78, 5) is 7.57.